The Morgan fingerprint density at radius 1 is 1.52 bits per heavy atom. The Morgan fingerprint density at radius 3 is 3.16 bits per heavy atom. The molecule has 3 rings (SSSR count). The number of nitrogens with zero attached hydrogens (tertiary/aromatic N) is 1. The van der Waals surface area contributed by atoms with Crippen molar-refractivity contribution in [2.75, 3.05) is 25.6 Å². The Bertz CT molecular complexity index is 646. The van der Waals surface area contributed by atoms with Gasteiger partial charge in [-0.15, -0.1) is 0 Å². The van der Waals surface area contributed by atoms with Crippen molar-refractivity contribution in [1.82, 2.24) is 0 Å². The molecule has 25 heavy (non-hydrogen) atoms. The number of unbranched alkanes of at least 4 members (excludes halogenated alkanes) is 1. The highest BCUT2D eigenvalue weighted by Gasteiger charge is 2.49. The van der Waals surface area contributed by atoms with E-state index in [0.717, 1.165) is 36.1 Å². The largest absolute Gasteiger partial charge is 0.379 e. The molecule has 0 bridgehead atoms. The predicted octanol–water partition coefficient (Wildman–Crippen LogP) is 4.07. The van der Waals surface area contributed by atoms with Crippen LogP contribution in [-0.4, -0.2) is 36.8 Å². The minimum absolute atomic E-state index is 0.0281. The first-order valence-corrected chi connectivity index (χ1v) is 10.5. The molecule has 0 aliphatic carbocycles. The fraction of sp³-hybridized carbons (Fsp3) is 0.611. The minimum Gasteiger partial charge on any atom is -0.379 e. The van der Waals surface area contributed by atoms with Crippen LogP contribution < -0.4 is 5.73 Å². The highest BCUT2D eigenvalue weighted by molar-refractivity contribution is 9.10. The number of ether oxygens (including phenoxy) is 2. The number of fused-ring (bicyclic) bond motifs is 1. The summed E-state index contributed by atoms with van der Waals surface area (Å²) in [6.07, 6.45) is 2.99. The lowest BCUT2D eigenvalue weighted by atomic mass is 9.75. The molecule has 2 heterocycles. The maximum absolute atomic E-state index is 14.6. The fourth-order valence-electron chi connectivity index (χ4n) is 3.45. The third kappa shape index (κ3) is 4.21. The van der Waals surface area contributed by atoms with Crippen LogP contribution in [-0.2, 0) is 15.0 Å². The van der Waals surface area contributed by atoms with Crippen LogP contribution in [0, 0.1) is 11.7 Å². The van der Waals surface area contributed by atoms with Crippen LogP contribution >= 0.6 is 27.7 Å². The van der Waals surface area contributed by atoms with Gasteiger partial charge in [-0.3, -0.25) is 0 Å². The van der Waals surface area contributed by atoms with Crippen molar-refractivity contribution in [3.8, 4) is 0 Å². The first kappa shape index (κ1) is 19.1. The van der Waals surface area contributed by atoms with Crippen molar-refractivity contribution in [2.45, 2.75) is 37.8 Å². The Hall–Kier alpha value is -0.630. The van der Waals surface area contributed by atoms with Crippen molar-refractivity contribution in [3.63, 3.8) is 0 Å². The monoisotopic (exact) mass is 430 g/mol. The van der Waals surface area contributed by atoms with Crippen molar-refractivity contribution in [2.24, 2.45) is 16.6 Å². The number of amidine groups is 1. The standard InChI is InChI=1S/C18H24BrFN2O2S/c1-2-3-6-23-9-14-7-12-10-25-17(21)22-18(12,11-24-14)15-8-13(19)4-5-16(15)20/h4-5,8,12,14H,2-3,6-7,9-11H2,1H3,(H2,21,22)/t12-,14+,18-/m0/s1. The van der Waals surface area contributed by atoms with Gasteiger partial charge in [0.05, 0.1) is 19.3 Å². The van der Waals surface area contributed by atoms with Gasteiger partial charge in [-0.25, -0.2) is 9.38 Å². The second kappa shape index (κ2) is 8.37. The summed E-state index contributed by atoms with van der Waals surface area (Å²) in [5.41, 5.74) is 5.81. The summed E-state index contributed by atoms with van der Waals surface area (Å²) in [6, 6.07) is 4.97. The molecule has 138 valence electrons. The van der Waals surface area contributed by atoms with E-state index in [2.05, 4.69) is 27.8 Å². The lowest BCUT2D eigenvalue weighted by Gasteiger charge is -2.46. The molecular weight excluding hydrogens is 407 g/mol. The highest BCUT2D eigenvalue weighted by Crippen LogP contribution is 2.47. The van der Waals surface area contributed by atoms with Crippen LogP contribution in [0.2, 0.25) is 0 Å². The molecule has 1 fully saturated rings. The van der Waals surface area contributed by atoms with E-state index in [1.54, 1.807) is 12.1 Å². The van der Waals surface area contributed by atoms with Gasteiger partial charge in [0, 0.05) is 28.3 Å². The van der Waals surface area contributed by atoms with E-state index in [4.69, 9.17) is 15.2 Å². The van der Waals surface area contributed by atoms with Crippen molar-refractivity contribution < 1.29 is 13.9 Å². The number of hydrogen-bond acceptors (Lipinski definition) is 5. The van der Waals surface area contributed by atoms with E-state index in [0.29, 0.717) is 23.9 Å². The van der Waals surface area contributed by atoms with Crippen molar-refractivity contribution in [3.05, 3.63) is 34.1 Å². The number of benzene rings is 1. The summed E-state index contributed by atoms with van der Waals surface area (Å²) in [7, 11) is 0. The molecule has 0 aromatic heterocycles. The smallest absolute Gasteiger partial charge is 0.154 e. The lowest BCUT2D eigenvalue weighted by Crippen LogP contribution is -2.51. The lowest BCUT2D eigenvalue weighted by molar-refractivity contribution is -0.0903. The molecule has 0 unspecified atom stereocenters. The zero-order valence-corrected chi connectivity index (χ0v) is 16.7. The minimum atomic E-state index is -0.747. The number of rotatable bonds is 6. The molecular formula is C18H24BrFN2O2S. The molecule has 7 heteroatoms. The Kier molecular flexibility index (Phi) is 6.41. The predicted molar refractivity (Wildman–Crippen MR) is 103 cm³/mol. The molecule has 3 atom stereocenters. The van der Waals surface area contributed by atoms with Gasteiger partial charge in [0.15, 0.2) is 5.17 Å². The normalized spacial score (nSPS) is 29.2. The van der Waals surface area contributed by atoms with Gasteiger partial charge in [0.25, 0.3) is 0 Å². The molecule has 2 aliphatic heterocycles. The molecule has 1 aromatic rings. The zero-order valence-electron chi connectivity index (χ0n) is 14.3. The van der Waals surface area contributed by atoms with Gasteiger partial charge >= 0.3 is 0 Å². The topological polar surface area (TPSA) is 56.8 Å². The van der Waals surface area contributed by atoms with Gasteiger partial charge in [-0.1, -0.05) is 41.0 Å². The second-order valence-corrected chi connectivity index (χ2v) is 8.56. The number of halogens is 2. The van der Waals surface area contributed by atoms with E-state index < -0.39 is 5.54 Å². The molecule has 0 amide bonds. The first-order valence-electron chi connectivity index (χ1n) is 8.68. The summed E-state index contributed by atoms with van der Waals surface area (Å²) < 4.78 is 27.2. The molecule has 2 aliphatic rings. The van der Waals surface area contributed by atoms with Crippen LogP contribution in [0.5, 0.6) is 0 Å². The Balaban J connectivity index is 1.81. The molecule has 4 nitrogen and oxygen atoms in total. The third-order valence-corrected chi connectivity index (χ3v) is 6.29. The first-order chi connectivity index (χ1) is 12.0. The number of nitrogens with two attached hydrogens (primary N) is 1. The molecule has 0 saturated carbocycles. The number of aliphatic imine (C=N–C) groups is 1. The Labute approximate surface area is 160 Å². The van der Waals surface area contributed by atoms with Gasteiger partial charge in [-0.2, -0.15) is 0 Å². The summed E-state index contributed by atoms with van der Waals surface area (Å²) in [5.74, 6) is 0.718. The van der Waals surface area contributed by atoms with Crippen LogP contribution in [0.3, 0.4) is 0 Å². The number of hydrogen-bond donors (Lipinski definition) is 1. The SMILES string of the molecule is CCCCOC[C@H]1C[C@H]2CSC(N)=N[C@@]2(c2cc(Br)ccc2F)CO1. The van der Waals surface area contributed by atoms with E-state index in [1.807, 2.05) is 0 Å². The van der Waals surface area contributed by atoms with Crippen LogP contribution in [0.4, 0.5) is 4.39 Å². The van der Waals surface area contributed by atoms with Crippen molar-refractivity contribution >= 4 is 32.9 Å². The van der Waals surface area contributed by atoms with Crippen LogP contribution in [0.25, 0.3) is 0 Å². The maximum atomic E-state index is 14.6. The van der Waals surface area contributed by atoms with E-state index in [1.165, 1.54) is 17.8 Å². The van der Waals surface area contributed by atoms with Gasteiger partial charge in [0.2, 0.25) is 0 Å². The number of thioether (sulfide) groups is 1. The molecule has 1 aromatic carbocycles. The average Bonchev–Trinajstić information content (AvgIpc) is 2.60. The Morgan fingerprint density at radius 2 is 2.36 bits per heavy atom. The molecule has 0 radical (unpaired) electrons. The molecule has 2 N–H and O–H groups in total. The summed E-state index contributed by atoms with van der Waals surface area (Å²) in [5, 5.41) is 0.497. The summed E-state index contributed by atoms with van der Waals surface area (Å²) in [4.78, 5) is 4.68. The summed E-state index contributed by atoms with van der Waals surface area (Å²) >= 11 is 4.98. The van der Waals surface area contributed by atoms with Gasteiger partial charge in [-0.05, 0) is 31.0 Å². The van der Waals surface area contributed by atoms with E-state index in [9.17, 15) is 4.39 Å². The highest BCUT2D eigenvalue weighted by atomic mass is 79.9. The van der Waals surface area contributed by atoms with Crippen molar-refractivity contribution in [1.29, 1.82) is 0 Å². The molecule has 0 spiro atoms. The quantitative estimate of drug-likeness (QED) is 0.691. The van der Waals surface area contributed by atoms with Gasteiger partial charge in [0.1, 0.15) is 11.4 Å². The summed E-state index contributed by atoms with van der Waals surface area (Å²) in [6.45, 7) is 3.81. The van der Waals surface area contributed by atoms with E-state index in [-0.39, 0.29) is 17.8 Å². The van der Waals surface area contributed by atoms with Crippen LogP contribution in [0.1, 0.15) is 31.7 Å². The van der Waals surface area contributed by atoms with E-state index >= 15 is 0 Å². The fourth-order valence-corrected chi connectivity index (χ4v) is 4.82. The molecule has 1 saturated heterocycles. The average molecular weight is 431 g/mol. The van der Waals surface area contributed by atoms with Crippen LogP contribution in [0.15, 0.2) is 27.7 Å². The van der Waals surface area contributed by atoms with Gasteiger partial charge < -0.3 is 15.2 Å². The zero-order chi connectivity index (χ0) is 17.9. The maximum Gasteiger partial charge on any atom is 0.154 e. The third-order valence-electron chi connectivity index (χ3n) is 4.84. The second-order valence-electron chi connectivity index (χ2n) is 6.60.